The highest BCUT2D eigenvalue weighted by Gasteiger charge is 2.27. The van der Waals surface area contributed by atoms with Crippen LogP contribution in [-0.2, 0) is 9.53 Å². The Balaban J connectivity index is 0.00000431. The highest BCUT2D eigenvalue weighted by atomic mass is 16.6. The lowest BCUT2D eigenvalue weighted by Crippen LogP contribution is -2.44. The van der Waals surface area contributed by atoms with E-state index in [4.69, 9.17) is 13.9 Å². The second kappa shape index (κ2) is 21.3. The fraction of sp³-hybridized carbons (Fsp3) is 0.743. The predicted octanol–water partition coefficient (Wildman–Crippen LogP) is 9.62. The lowest BCUT2D eigenvalue weighted by molar-refractivity contribution is -0.124. The molecule has 7 heteroatoms. The van der Waals surface area contributed by atoms with E-state index >= 15 is 0 Å². The molecule has 0 radical (unpaired) electrons. The van der Waals surface area contributed by atoms with Crippen LogP contribution in [0.2, 0.25) is 0 Å². The zero-order valence-electron chi connectivity index (χ0n) is 28.2. The van der Waals surface area contributed by atoms with E-state index in [-0.39, 0.29) is 5.91 Å². The molecule has 0 aliphatic carbocycles. The van der Waals surface area contributed by atoms with Crippen molar-refractivity contribution in [2.24, 2.45) is 0 Å². The van der Waals surface area contributed by atoms with Gasteiger partial charge in [-0.15, -0.1) is 10.2 Å². The average molecular weight is 588 g/mol. The zero-order valence-corrected chi connectivity index (χ0v) is 28.2. The summed E-state index contributed by atoms with van der Waals surface area (Å²) in [7, 11) is 0. The van der Waals surface area contributed by atoms with Gasteiger partial charge in [-0.1, -0.05) is 97.8 Å². The van der Waals surface area contributed by atoms with Crippen molar-refractivity contribution in [3.8, 4) is 17.2 Å². The molecule has 0 unspecified atom stereocenters. The van der Waals surface area contributed by atoms with E-state index in [0.29, 0.717) is 31.4 Å². The third kappa shape index (κ3) is 17.5. The molecule has 1 aromatic heterocycles. The lowest BCUT2D eigenvalue weighted by Gasteiger charge is -2.32. The van der Waals surface area contributed by atoms with Gasteiger partial charge in [-0.05, 0) is 58.4 Å². The molecule has 0 spiro atoms. The van der Waals surface area contributed by atoms with Crippen LogP contribution in [-0.4, -0.2) is 40.5 Å². The summed E-state index contributed by atoms with van der Waals surface area (Å²) >= 11 is 0. The Morgan fingerprint density at radius 2 is 1.31 bits per heavy atom. The summed E-state index contributed by atoms with van der Waals surface area (Å²) in [5.74, 6) is 1.86. The maximum Gasteiger partial charge on any atom is 0.247 e. The maximum atomic E-state index is 12.4. The van der Waals surface area contributed by atoms with E-state index in [1.54, 1.807) is 6.92 Å². The number of amides is 1. The Labute approximate surface area is 256 Å². The second-order valence-electron chi connectivity index (χ2n) is 12.3. The summed E-state index contributed by atoms with van der Waals surface area (Å²) in [6.07, 6.45) is 17.6. The molecule has 0 saturated carbocycles. The Kier molecular flexibility index (Phi) is 19.1. The van der Waals surface area contributed by atoms with Crippen molar-refractivity contribution in [1.82, 2.24) is 15.5 Å². The van der Waals surface area contributed by atoms with Crippen LogP contribution >= 0.6 is 0 Å². The van der Waals surface area contributed by atoms with Gasteiger partial charge < -0.3 is 19.2 Å². The van der Waals surface area contributed by atoms with E-state index in [2.05, 4.69) is 22.4 Å². The smallest absolute Gasteiger partial charge is 0.247 e. The van der Waals surface area contributed by atoms with Gasteiger partial charge in [0.1, 0.15) is 11.4 Å². The molecular weight excluding hydrogens is 526 g/mol. The Hall–Kier alpha value is -2.41. The largest absolute Gasteiger partial charge is 0.485 e. The number of benzene rings is 1. The molecule has 0 atom stereocenters. The summed E-state index contributed by atoms with van der Waals surface area (Å²) in [4.78, 5) is 12.4. The van der Waals surface area contributed by atoms with Crippen molar-refractivity contribution >= 4 is 5.91 Å². The fourth-order valence-electron chi connectivity index (χ4n) is 4.55. The molecule has 0 saturated heterocycles. The first-order valence-corrected chi connectivity index (χ1v) is 16.6. The van der Waals surface area contributed by atoms with E-state index in [1.807, 2.05) is 65.8 Å². The van der Waals surface area contributed by atoms with E-state index in [1.165, 1.54) is 70.6 Å². The molecule has 1 heterocycles. The number of hydrogen-bond donors (Lipinski definition) is 1. The van der Waals surface area contributed by atoms with Gasteiger partial charge in [0.05, 0.1) is 12.2 Å². The average Bonchev–Trinajstić information content (AvgIpc) is 3.41. The predicted molar refractivity (Wildman–Crippen MR) is 174 cm³/mol. The van der Waals surface area contributed by atoms with Crippen molar-refractivity contribution < 1.29 is 18.7 Å². The molecule has 7 nitrogen and oxygen atoms in total. The third-order valence-corrected chi connectivity index (χ3v) is 7.05. The first kappa shape index (κ1) is 37.6. The number of rotatable bonds is 22. The Bertz CT molecular complexity index is 953. The van der Waals surface area contributed by atoms with E-state index < -0.39 is 11.2 Å². The van der Waals surface area contributed by atoms with Crippen molar-refractivity contribution in [3.63, 3.8) is 0 Å². The summed E-state index contributed by atoms with van der Waals surface area (Å²) in [6, 6.07) is 7.57. The minimum absolute atomic E-state index is 0.104. The van der Waals surface area contributed by atoms with E-state index in [0.717, 1.165) is 24.2 Å². The maximum absolute atomic E-state index is 12.4. The van der Waals surface area contributed by atoms with E-state index in [9.17, 15) is 4.79 Å². The minimum Gasteiger partial charge on any atom is -0.485 e. The van der Waals surface area contributed by atoms with Crippen LogP contribution in [0, 0.1) is 6.92 Å². The number of aryl methyl sites for hydroxylation is 1. The van der Waals surface area contributed by atoms with Gasteiger partial charge in [0.15, 0.2) is 0 Å². The highest BCUT2D eigenvalue weighted by Crippen LogP contribution is 2.25. The van der Waals surface area contributed by atoms with Crippen LogP contribution in [0.3, 0.4) is 0 Å². The van der Waals surface area contributed by atoms with Crippen LogP contribution in [0.1, 0.15) is 144 Å². The highest BCUT2D eigenvalue weighted by molar-refractivity contribution is 5.75. The van der Waals surface area contributed by atoms with Gasteiger partial charge in [-0.2, -0.15) is 0 Å². The quantitative estimate of drug-likeness (QED) is 0.138. The van der Waals surface area contributed by atoms with Gasteiger partial charge in [0.25, 0.3) is 0 Å². The molecule has 0 fully saturated rings. The molecule has 1 amide bonds. The Morgan fingerprint density at radius 3 is 1.81 bits per heavy atom. The number of unbranched alkanes of at least 4 members (excludes halogenated alkanes) is 12. The molecule has 2 aromatic rings. The van der Waals surface area contributed by atoms with Crippen LogP contribution in [0.5, 0.6) is 5.75 Å². The molecule has 42 heavy (non-hydrogen) atoms. The standard InChI is InChI=1S/C33H55N3O4.C2H6/c1-7-8-9-10-11-12-13-14-15-16-17-18-19-20-30(37)34-25-32(3,4)38-26-33(5,6)40-29-23-21-28(22-24-29)31-36-35-27(2)39-31;1-2/h21-24H,7-20,25-26H2,1-6H3,(H,34,37);1-2H3. The van der Waals surface area contributed by atoms with Crippen LogP contribution in [0.25, 0.3) is 11.5 Å². The molecule has 1 N–H and O–H groups in total. The number of hydrogen-bond acceptors (Lipinski definition) is 6. The van der Waals surface area contributed by atoms with Gasteiger partial charge in [0.2, 0.25) is 17.7 Å². The van der Waals surface area contributed by atoms with Gasteiger partial charge in [-0.3, -0.25) is 4.79 Å². The third-order valence-electron chi connectivity index (χ3n) is 7.05. The molecule has 0 bridgehead atoms. The normalized spacial score (nSPS) is 11.6. The monoisotopic (exact) mass is 587 g/mol. The summed E-state index contributed by atoms with van der Waals surface area (Å²) in [5, 5.41) is 11.0. The Morgan fingerprint density at radius 1 is 0.786 bits per heavy atom. The molecule has 1 aromatic carbocycles. The number of nitrogens with zero attached hydrogens (tertiary/aromatic N) is 2. The van der Waals surface area contributed by atoms with Crippen LogP contribution in [0.15, 0.2) is 28.7 Å². The van der Waals surface area contributed by atoms with Crippen molar-refractivity contribution in [1.29, 1.82) is 0 Å². The summed E-state index contributed by atoms with van der Waals surface area (Å²) in [5.41, 5.74) is -0.192. The van der Waals surface area contributed by atoms with Gasteiger partial charge >= 0.3 is 0 Å². The van der Waals surface area contributed by atoms with Crippen LogP contribution in [0.4, 0.5) is 0 Å². The van der Waals surface area contributed by atoms with Crippen molar-refractivity contribution in [2.75, 3.05) is 13.2 Å². The molecule has 2 rings (SSSR count). The summed E-state index contributed by atoms with van der Waals surface area (Å²) < 4.78 is 17.8. The van der Waals surface area contributed by atoms with Crippen molar-refractivity contribution in [2.45, 2.75) is 156 Å². The minimum atomic E-state index is -0.543. The molecular formula is C35H61N3O4. The first-order chi connectivity index (χ1) is 20.1. The fourth-order valence-corrected chi connectivity index (χ4v) is 4.55. The number of carbonyl (C=O) groups is 1. The lowest BCUT2D eigenvalue weighted by atomic mass is 10.0. The first-order valence-electron chi connectivity index (χ1n) is 16.6. The number of aromatic nitrogens is 2. The van der Waals surface area contributed by atoms with Gasteiger partial charge in [-0.25, -0.2) is 0 Å². The van der Waals surface area contributed by atoms with Gasteiger partial charge in [0, 0.05) is 25.5 Å². The van der Waals surface area contributed by atoms with Crippen molar-refractivity contribution in [3.05, 3.63) is 30.2 Å². The number of ether oxygens (including phenoxy) is 2. The molecule has 0 aliphatic heterocycles. The molecule has 0 aliphatic rings. The topological polar surface area (TPSA) is 86.5 Å². The SMILES string of the molecule is CC.CCCCCCCCCCCCCCCC(=O)NCC(C)(C)OCC(C)(C)Oc1ccc(-c2nnc(C)o2)cc1. The number of carbonyl (C=O) groups excluding carboxylic acids is 1. The second-order valence-corrected chi connectivity index (χ2v) is 12.3. The summed E-state index contributed by atoms with van der Waals surface area (Å²) in [6.45, 7) is 16.9. The zero-order chi connectivity index (χ0) is 31.3. The molecule has 240 valence electrons. The van der Waals surface area contributed by atoms with Crippen LogP contribution < -0.4 is 10.1 Å². The number of nitrogens with one attached hydrogen (secondary N) is 1.